The first-order chi connectivity index (χ1) is 12.0. The van der Waals surface area contributed by atoms with Gasteiger partial charge in [0.15, 0.2) is 11.5 Å². The molecule has 0 fully saturated rings. The maximum atomic E-state index is 11.6. The second kappa shape index (κ2) is 9.25. The van der Waals surface area contributed by atoms with Crippen LogP contribution in [0.2, 0.25) is 0 Å². The standard InChI is InChI=1S/C19H23NO4S/c1-20(2)9-5-10-24-17-13-14(7-8-16(17)23-3)12-15(19(21)22)18-6-4-11-25-18/h4,6-8,11-13H,5,9-10H2,1-3H3,(H,21,22)/b15-12-. The zero-order valence-electron chi connectivity index (χ0n) is 14.7. The lowest BCUT2D eigenvalue weighted by molar-refractivity contribution is -0.130. The van der Waals surface area contributed by atoms with Crippen molar-refractivity contribution in [2.75, 3.05) is 34.4 Å². The predicted octanol–water partition coefficient (Wildman–Crippen LogP) is 3.71. The number of thiophene rings is 1. The highest BCUT2D eigenvalue weighted by molar-refractivity contribution is 7.11. The van der Waals surface area contributed by atoms with Crippen LogP contribution < -0.4 is 9.47 Å². The van der Waals surface area contributed by atoms with E-state index in [1.165, 1.54) is 11.3 Å². The minimum atomic E-state index is -0.952. The number of carbonyl (C=O) groups is 1. The molecular formula is C19H23NO4S. The summed E-state index contributed by atoms with van der Waals surface area (Å²) in [4.78, 5) is 14.4. The van der Waals surface area contributed by atoms with Crippen LogP contribution in [0.15, 0.2) is 35.7 Å². The minimum Gasteiger partial charge on any atom is -0.493 e. The first kappa shape index (κ1) is 19.0. The first-order valence-corrected chi connectivity index (χ1v) is 8.83. The Labute approximate surface area is 152 Å². The van der Waals surface area contributed by atoms with Gasteiger partial charge in [0.1, 0.15) is 0 Å². The number of benzene rings is 1. The molecule has 0 bridgehead atoms. The van der Waals surface area contributed by atoms with E-state index >= 15 is 0 Å². The van der Waals surface area contributed by atoms with E-state index in [1.807, 2.05) is 37.7 Å². The summed E-state index contributed by atoms with van der Waals surface area (Å²) in [6, 6.07) is 9.06. The van der Waals surface area contributed by atoms with Gasteiger partial charge in [-0.1, -0.05) is 12.1 Å². The molecule has 0 atom stereocenters. The molecule has 0 spiro atoms. The van der Waals surface area contributed by atoms with Crippen molar-refractivity contribution in [1.29, 1.82) is 0 Å². The van der Waals surface area contributed by atoms with Crippen LogP contribution >= 0.6 is 11.3 Å². The molecule has 1 heterocycles. The highest BCUT2D eigenvalue weighted by Crippen LogP contribution is 2.30. The lowest BCUT2D eigenvalue weighted by Gasteiger charge is -2.13. The highest BCUT2D eigenvalue weighted by atomic mass is 32.1. The Bertz CT molecular complexity index is 723. The van der Waals surface area contributed by atoms with Crippen molar-refractivity contribution in [3.63, 3.8) is 0 Å². The molecular weight excluding hydrogens is 338 g/mol. The molecule has 5 nitrogen and oxygen atoms in total. The molecule has 2 aromatic rings. The van der Waals surface area contributed by atoms with E-state index in [2.05, 4.69) is 4.90 Å². The number of ether oxygens (including phenoxy) is 2. The van der Waals surface area contributed by atoms with E-state index in [4.69, 9.17) is 9.47 Å². The molecule has 0 saturated carbocycles. The lowest BCUT2D eigenvalue weighted by Crippen LogP contribution is -2.15. The van der Waals surface area contributed by atoms with Gasteiger partial charge in [-0.05, 0) is 55.7 Å². The third-order valence-electron chi connectivity index (χ3n) is 3.52. The molecule has 1 N–H and O–H groups in total. The summed E-state index contributed by atoms with van der Waals surface area (Å²) >= 11 is 1.40. The van der Waals surface area contributed by atoms with Crippen LogP contribution in [0.1, 0.15) is 16.9 Å². The Balaban J connectivity index is 2.22. The minimum absolute atomic E-state index is 0.263. The monoisotopic (exact) mass is 361 g/mol. The second-order valence-corrected chi connectivity index (χ2v) is 6.70. The van der Waals surface area contributed by atoms with E-state index in [0.29, 0.717) is 18.1 Å². The summed E-state index contributed by atoms with van der Waals surface area (Å²) in [7, 11) is 5.62. The van der Waals surface area contributed by atoms with Gasteiger partial charge in [0, 0.05) is 11.4 Å². The zero-order chi connectivity index (χ0) is 18.2. The normalized spacial score (nSPS) is 11.6. The van der Waals surface area contributed by atoms with Crippen molar-refractivity contribution in [1.82, 2.24) is 4.90 Å². The van der Waals surface area contributed by atoms with Crippen LogP contribution in [-0.4, -0.2) is 50.3 Å². The summed E-state index contributed by atoms with van der Waals surface area (Å²) in [5.74, 6) is 0.299. The fraction of sp³-hybridized carbons (Fsp3) is 0.316. The molecule has 6 heteroatoms. The molecule has 25 heavy (non-hydrogen) atoms. The van der Waals surface area contributed by atoms with Crippen molar-refractivity contribution in [2.45, 2.75) is 6.42 Å². The van der Waals surface area contributed by atoms with E-state index in [1.54, 1.807) is 25.3 Å². The number of methoxy groups -OCH3 is 1. The van der Waals surface area contributed by atoms with E-state index < -0.39 is 5.97 Å². The van der Waals surface area contributed by atoms with Crippen molar-refractivity contribution in [3.8, 4) is 11.5 Å². The van der Waals surface area contributed by atoms with Crippen LogP contribution in [0.3, 0.4) is 0 Å². The number of hydrogen-bond donors (Lipinski definition) is 1. The van der Waals surface area contributed by atoms with Crippen molar-refractivity contribution in [2.24, 2.45) is 0 Å². The number of rotatable bonds is 9. The summed E-state index contributed by atoms with van der Waals surface area (Å²) in [5, 5.41) is 11.3. The van der Waals surface area contributed by atoms with Gasteiger partial charge in [0.25, 0.3) is 0 Å². The molecule has 0 unspecified atom stereocenters. The third kappa shape index (κ3) is 5.62. The molecule has 0 saturated heterocycles. The average Bonchev–Trinajstić information content (AvgIpc) is 3.10. The molecule has 0 aliphatic heterocycles. The van der Waals surface area contributed by atoms with Gasteiger partial charge in [0.05, 0.1) is 19.3 Å². The molecule has 0 radical (unpaired) electrons. The SMILES string of the molecule is COc1ccc(/C=C(\C(=O)O)c2cccs2)cc1OCCCN(C)C. The van der Waals surface area contributed by atoms with Gasteiger partial charge >= 0.3 is 5.97 Å². The summed E-state index contributed by atoms with van der Waals surface area (Å²) < 4.78 is 11.2. The van der Waals surface area contributed by atoms with Crippen LogP contribution in [-0.2, 0) is 4.79 Å². The Morgan fingerprint density at radius 1 is 1.28 bits per heavy atom. The fourth-order valence-electron chi connectivity index (χ4n) is 2.30. The summed E-state index contributed by atoms with van der Waals surface area (Å²) in [6.07, 6.45) is 2.55. The Hall–Kier alpha value is -2.31. The fourth-order valence-corrected chi connectivity index (χ4v) is 3.03. The Morgan fingerprint density at radius 2 is 2.08 bits per heavy atom. The van der Waals surface area contributed by atoms with Crippen molar-refractivity contribution in [3.05, 3.63) is 46.2 Å². The third-order valence-corrected chi connectivity index (χ3v) is 4.43. The molecule has 2 rings (SSSR count). The quantitative estimate of drug-likeness (QED) is 0.545. The lowest BCUT2D eigenvalue weighted by atomic mass is 10.1. The van der Waals surface area contributed by atoms with Gasteiger partial charge in [-0.15, -0.1) is 11.3 Å². The van der Waals surface area contributed by atoms with Crippen LogP contribution in [0, 0.1) is 0 Å². The molecule has 0 aliphatic rings. The van der Waals surface area contributed by atoms with Crippen molar-refractivity contribution < 1.29 is 19.4 Å². The van der Waals surface area contributed by atoms with Gasteiger partial charge in [0.2, 0.25) is 0 Å². The van der Waals surface area contributed by atoms with Gasteiger partial charge in [-0.2, -0.15) is 0 Å². The molecule has 0 amide bonds. The number of nitrogens with zero attached hydrogens (tertiary/aromatic N) is 1. The number of hydrogen-bond acceptors (Lipinski definition) is 5. The number of carboxylic acid groups (broad SMARTS) is 1. The van der Waals surface area contributed by atoms with Gasteiger partial charge in [-0.25, -0.2) is 4.79 Å². The summed E-state index contributed by atoms with van der Waals surface area (Å²) in [5.41, 5.74) is 1.02. The number of carboxylic acids is 1. The van der Waals surface area contributed by atoms with E-state index in [9.17, 15) is 9.90 Å². The summed E-state index contributed by atoms with van der Waals surface area (Å²) in [6.45, 7) is 1.50. The van der Waals surface area contributed by atoms with Gasteiger partial charge < -0.3 is 19.5 Å². The molecule has 0 aliphatic carbocycles. The molecule has 134 valence electrons. The van der Waals surface area contributed by atoms with Crippen molar-refractivity contribution >= 4 is 29.0 Å². The van der Waals surface area contributed by atoms with Crippen LogP contribution in [0.25, 0.3) is 11.6 Å². The average molecular weight is 361 g/mol. The van der Waals surface area contributed by atoms with E-state index in [-0.39, 0.29) is 5.57 Å². The van der Waals surface area contributed by atoms with Crippen LogP contribution in [0.4, 0.5) is 0 Å². The smallest absolute Gasteiger partial charge is 0.337 e. The predicted molar refractivity (Wildman–Crippen MR) is 101 cm³/mol. The molecule has 1 aromatic heterocycles. The Morgan fingerprint density at radius 3 is 2.68 bits per heavy atom. The maximum absolute atomic E-state index is 11.6. The second-order valence-electron chi connectivity index (χ2n) is 5.76. The van der Waals surface area contributed by atoms with Crippen LogP contribution in [0.5, 0.6) is 11.5 Å². The topological polar surface area (TPSA) is 59.0 Å². The zero-order valence-corrected chi connectivity index (χ0v) is 15.5. The maximum Gasteiger partial charge on any atom is 0.337 e. The highest BCUT2D eigenvalue weighted by Gasteiger charge is 2.12. The van der Waals surface area contributed by atoms with E-state index in [0.717, 1.165) is 23.4 Å². The Kier molecular flexibility index (Phi) is 7.03. The first-order valence-electron chi connectivity index (χ1n) is 7.95. The van der Waals surface area contributed by atoms with Gasteiger partial charge in [-0.3, -0.25) is 0 Å². The largest absolute Gasteiger partial charge is 0.493 e. The molecule has 1 aromatic carbocycles. The number of aliphatic carboxylic acids is 1.